The lowest BCUT2D eigenvalue weighted by Gasteiger charge is -2.22. The SMILES string of the molecule is CC(C)(C)OC(=O)NC(COCc1ccc(Cl)cc1F)C(=O)O. The van der Waals surface area contributed by atoms with Gasteiger partial charge in [0.25, 0.3) is 0 Å². The van der Waals surface area contributed by atoms with Gasteiger partial charge in [-0.05, 0) is 32.9 Å². The molecule has 1 unspecified atom stereocenters. The summed E-state index contributed by atoms with van der Waals surface area (Å²) in [6, 6.07) is 2.76. The molecule has 0 saturated heterocycles. The largest absolute Gasteiger partial charge is 0.480 e. The fourth-order valence-corrected chi connectivity index (χ4v) is 1.71. The van der Waals surface area contributed by atoms with Crippen molar-refractivity contribution in [2.75, 3.05) is 6.61 Å². The highest BCUT2D eigenvalue weighted by atomic mass is 35.5. The fourth-order valence-electron chi connectivity index (χ4n) is 1.55. The van der Waals surface area contributed by atoms with Gasteiger partial charge in [0.05, 0.1) is 13.2 Å². The first-order valence-corrected chi connectivity index (χ1v) is 7.20. The summed E-state index contributed by atoms with van der Waals surface area (Å²) in [4.78, 5) is 22.7. The number of rotatable bonds is 6. The second kappa shape index (κ2) is 8.12. The number of amides is 1. The summed E-state index contributed by atoms with van der Waals surface area (Å²) in [5, 5.41) is 11.5. The van der Waals surface area contributed by atoms with E-state index in [9.17, 15) is 14.0 Å². The summed E-state index contributed by atoms with van der Waals surface area (Å²) in [7, 11) is 0. The predicted molar refractivity (Wildman–Crippen MR) is 81.9 cm³/mol. The van der Waals surface area contributed by atoms with Crippen LogP contribution < -0.4 is 5.32 Å². The van der Waals surface area contributed by atoms with Gasteiger partial charge in [-0.15, -0.1) is 0 Å². The van der Waals surface area contributed by atoms with E-state index < -0.39 is 29.5 Å². The third kappa shape index (κ3) is 7.30. The molecule has 8 heteroatoms. The molecule has 0 bridgehead atoms. The predicted octanol–water partition coefficient (Wildman–Crippen LogP) is 2.97. The molecule has 2 N–H and O–H groups in total. The van der Waals surface area contributed by atoms with Crippen LogP contribution in [0.5, 0.6) is 0 Å². The van der Waals surface area contributed by atoms with Gasteiger partial charge in [-0.3, -0.25) is 0 Å². The maximum atomic E-state index is 13.6. The smallest absolute Gasteiger partial charge is 0.408 e. The molecular formula is C15H19ClFNO5. The summed E-state index contributed by atoms with van der Waals surface area (Å²) in [5.74, 6) is -1.84. The van der Waals surface area contributed by atoms with Crippen LogP contribution in [0.15, 0.2) is 18.2 Å². The first-order valence-electron chi connectivity index (χ1n) is 6.82. The van der Waals surface area contributed by atoms with E-state index in [1.54, 1.807) is 20.8 Å². The Morgan fingerprint density at radius 1 is 1.39 bits per heavy atom. The second-order valence-electron chi connectivity index (χ2n) is 5.79. The van der Waals surface area contributed by atoms with Crippen molar-refractivity contribution >= 4 is 23.7 Å². The van der Waals surface area contributed by atoms with Gasteiger partial charge < -0.3 is 19.9 Å². The third-order valence-electron chi connectivity index (χ3n) is 2.55. The van der Waals surface area contributed by atoms with Crippen LogP contribution >= 0.6 is 11.6 Å². The monoisotopic (exact) mass is 347 g/mol. The van der Waals surface area contributed by atoms with Crippen molar-refractivity contribution < 1.29 is 28.6 Å². The summed E-state index contributed by atoms with van der Waals surface area (Å²) in [6.07, 6.45) is -0.869. The Labute approximate surface area is 138 Å². The Morgan fingerprint density at radius 3 is 2.57 bits per heavy atom. The van der Waals surface area contributed by atoms with Gasteiger partial charge in [0.15, 0.2) is 6.04 Å². The molecule has 0 aromatic heterocycles. The zero-order valence-electron chi connectivity index (χ0n) is 13.1. The zero-order chi connectivity index (χ0) is 17.6. The topological polar surface area (TPSA) is 84.9 Å². The highest BCUT2D eigenvalue weighted by Crippen LogP contribution is 2.15. The number of benzene rings is 1. The van der Waals surface area contributed by atoms with Crippen LogP contribution in [0.1, 0.15) is 26.3 Å². The minimum absolute atomic E-state index is 0.150. The molecule has 0 fully saturated rings. The van der Waals surface area contributed by atoms with Crippen LogP contribution in [0.25, 0.3) is 0 Å². The molecule has 0 aliphatic carbocycles. The number of halogens is 2. The van der Waals surface area contributed by atoms with Gasteiger partial charge >= 0.3 is 12.1 Å². The van der Waals surface area contributed by atoms with Gasteiger partial charge in [0.2, 0.25) is 0 Å². The number of carboxylic acids is 1. The van der Waals surface area contributed by atoms with Gasteiger partial charge in [0.1, 0.15) is 11.4 Å². The zero-order valence-corrected chi connectivity index (χ0v) is 13.8. The molecule has 6 nitrogen and oxygen atoms in total. The van der Waals surface area contributed by atoms with E-state index in [4.69, 9.17) is 26.2 Å². The molecule has 0 saturated carbocycles. The van der Waals surface area contributed by atoms with Crippen LogP contribution in [0.4, 0.5) is 9.18 Å². The maximum Gasteiger partial charge on any atom is 0.408 e. The van der Waals surface area contributed by atoms with Crippen LogP contribution in [0.3, 0.4) is 0 Å². The molecular weight excluding hydrogens is 329 g/mol. The minimum Gasteiger partial charge on any atom is -0.480 e. The quantitative estimate of drug-likeness (QED) is 0.826. The summed E-state index contributed by atoms with van der Waals surface area (Å²) in [6.45, 7) is 4.48. The minimum atomic E-state index is -1.31. The maximum absolute atomic E-state index is 13.6. The molecule has 1 aromatic carbocycles. The van der Waals surface area contributed by atoms with Crippen LogP contribution in [0.2, 0.25) is 5.02 Å². The van der Waals surface area contributed by atoms with Gasteiger partial charge in [0, 0.05) is 10.6 Å². The molecule has 1 amide bonds. The number of nitrogens with one attached hydrogen (secondary N) is 1. The van der Waals surface area contributed by atoms with Crippen molar-refractivity contribution in [2.45, 2.75) is 39.0 Å². The Hall–Kier alpha value is -1.86. The molecule has 23 heavy (non-hydrogen) atoms. The Kier molecular flexibility index (Phi) is 6.78. The van der Waals surface area contributed by atoms with Crippen LogP contribution in [-0.4, -0.2) is 35.4 Å². The van der Waals surface area contributed by atoms with Crippen molar-refractivity contribution in [2.24, 2.45) is 0 Å². The summed E-state index contributed by atoms with van der Waals surface area (Å²) in [5.41, 5.74) is -0.517. The van der Waals surface area contributed by atoms with E-state index in [-0.39, 0.29) is 23.8 Å². The number of carbonyl (C=O) groups is 2. The average Bonchev–Trinajstić information content (AvgIpc) is 2.37. The number of carbonyl (C=O) groups excluding carboxylic acids is 1. The lowest BCUT2D eigenvalue weighted by atomic mass is 10.2. The van der Waals surface area contributed by atoms with E-state index in [0.717, 1.165) is 6.07 Å². The number of aliphatic carboxylic acids is 1. The highest BCUT2D eigenvalue weighted by molar-refractivity contribution is 6.30. The van der Waals surface area contributed by atoms with Crippen LogP contribution in [-0.2, 0) is 20.9 Å². The fraction of sp³-hybridized carbons (Fsp3) is 0.467. The van der Waals surface area contributed by atoms with Crippen molar-refractivity contribution in [3.05, 3.63) is 34.6 Å². The average molecular weight is 348 g/mol. The molecule has 1 rings (SSSR count). The van der Waals surface area contributed by atoms with Crippen molar-refractivity contribution in [1.82, 2.24) is 5.32 Å². The normalized spacial score (nSPS) is 12.6. The standard InChI is InChI=1S/C15H19ClFNO5/c1-15(2,3)23-14(21)18-12(13(19)20)8-22-7-9-4-5-10(16)6-11(9)17/h4-6,12H,7-8H2,1-3H3,(H,18,21)(H,19,20). The Morgan fingerprint density at radius 2 is 2.04 bits per heavy atom. The Balaban J connectivity index is 2.53. The van der Waals surface area contributed by atoms with Crippen LogP contribution in [0, 0.1) is 5.82 Å². The van der Waals surface area contributed by atoms with Crippen molar-refractivity contribution in [3.8, 4) is 0 Å². The van der Waals surface area contributed by atoms with E-state index in [1.165, 1.54) is 12.1 Å². The molecule has 0 radical (unpaired) electrons. The molecule has 128 valence electrons. The number of alkyl carbamates (subject to hydrolysis) is 1. The Bertz CT molecular complexity index is 573. The molecule has 0 aliphatic rings. The first-order chi connectivity index (χ1) is 10.6. The number of hydrogen-bond donors (Lipinski definition) is 2. The van der Waals surface area contributed by atoms with Gasteiger partial charge in [-0.2, -0.15) is 0 Å². The first kappa shape index (κ1) is 19.2. The van der Waals surface area contributed by atoms with E-state index in [0.29, 0.717) is 0 Å². The van der Waals surface area contributed by atoms with Crippen molar-refractivity contribution in [3.63, 3.8) is 0 Å². The molecule has 1 aromatic rings. The number of ether oxygens (including phenoxy) is 2. The summed E-state index contributed by atoms with van der Waals surface area (Å²) >= 11 is 5.63. The molecule has 0 heterocycles. The summed E-state index contributed by atoms with van der Waals surface area (Å²) < 4.78 is 23.7. The number of carboxylic acid groups (broad SMARTS) is 1. The molecule has 0 aliphatic heterocycles. The third-order valence-corrected chi connectivity index (χ3v) is 2.78. The van der Waals surface area contributed by atoms with E-state index in [2.05, 4.69) is 5.32 Å². The molecule has 1 atom stereocenters. The molecule has 0 spiro atoms. The lowest BCUT2D eigenvalue weighted by molar-refractivity contribution is -0.141. The second-order valence-corrected chi connectivity index (χ2v) is 6.22. The number of hydrogen-bond acceptors (Lipinski definition) is 4. The highest BCUT2D eigenvalue weighted by Gasteiger charge is 2.24. The van der Waals surface area contributed by atoms with E-state index >= 15 is 0 Å². The van der Waals surface area contributed by atoms with Crippen molar-refractivity contribution in [1.29, 1.82) is 0 Å². The van der Waals surface area contributed by atoms with Gasteiger partial charge in [-0.25, -0.2) is 14.0 Å². The van der Waals surface area contributed by atoms with E-state index in [1.807, 2.05) is 0 Å². The van der Waals surface area contributed by atoms with Gasteiger partial charge in [-0.1, -0.05) is 17.7 Å². The lowest BCUT2D eigenvalue weighted by Crippen LogP contribution is -2.46.